The third-order valence-electron chi connectivity index (χ3n) is 2.31. The van der Waals surface area contributed by atoms with Crippen LogP contribution in [0.1, 0.15) is 12.8 Å². The van der Waals surface area contributed by atoms with Crippen LogP contribution in [-0.2, 0) is 0 Å². The molecule has 3 heteroatoms. The molecule has 0 fully saturated rings. The highest BCUT2D eigenvalue weighted by Gasteiger charge is 2.18. The predicted molar refractivity (Wildman–Crippen MR) is 49.3 cm³/mol. The molecule has 2 rings (SSSR count). The largest absolute Gasteiger partial charge is 0.465 e. The number of fused-ring (bicyclic) bond motifs is 1. The second-order valence-electron chi connectivity index (χ2n) is 3.19. The van der Waals surface area contributed by atoms with Gasteiger partial charge >= 0.3 is 6.09 Å². The molecule has 13 heavy (non-hydrogen) atoms. The van der Waals surface area contributed by atoms with E-state index in [2.05, 4.69) is 12.2 Å². The fourth-order valence-electron chi connectivity index (χ4n) is 1.61. The number of carbonyl (C=O) groups is 1. The summed E-state index contributed by atoms with van der Waals surface area (Å²) >= 11 is 0. The summed E-state index contributed by atoms with van der Waals surface area (Å²) in [6, 6.07) is 0. The van der Waals surface area contributed by atoms with Gasteiger partial charge in [0.2, 0.25) is 0 Å². The van der Waals surface area contributed by atoms with E-state index in [-0.39, 0.29) is 0 Å². The molecule has 1 aliphatic carbocycles. The van der Waals surface area contributed by atoms with Crippen molar-refractivity contribution in [1.82, 2.24) is 4.90 Å². The fraction of sp³-hybridized carbons (Fsp3) is 0.300. The molecule has 0 aromatic heterocycles. The van der Waals surface area contributed by atoms with E-state index in [4.69, 9.17) is 5.11 Å². The Balaban J connectivity index is 2.25. The van der Waals surface area contributed by atoms with Gasteiger partial charge in [0, 0.05) is 6.20 Å². The first-order valence-corrected chi connectivity index (χ1v) is 4.35. The van der Waals surface area contributed by atoms with Gasteiger partial charge in [-0.25, -0.2) is 4.79 Å². The maximum absolute atomic E-state index is 10.7. The van der Waals surface area contributed by atoms with Crippen LogP contribution in [0.25, 0.3) is 0 Å². The molecule has 0 bridgehead atoms. The van der Waals surface area contributed by atoms with E-state index in [0.717, 1.165) is 18.4 Å². The molecule has 0 saturated carbocycles. The zero-order chi connectivity index (χ0) is 9.26. The third-order valence-corrected chi connectivity index (χ3v) is 2.31. The van der Waals surface area contributed by atoms with E-state index < -0.39 is 6.09 Å². The van der Waals surface area contributed by atoms with Crippen LogP contribution in [0.4, 0.5) is 4.79 Å². The van der Waals surface area contributed by atoms with Crippen molar-refractivity contribution >= 4 is 6.09 Å². The molecule has 68 valence electrons. The fourth-order valence-corrected chi connectivity index (χ4v) is 1.61. The Morgan fingerprint density at radius 1 is 1.38 bits per heavy atom. The molecule has 0 aromatic rings. The molecule has 0 saturated heterocycles. The summed E-state index contributed by atoms with van der Waals surface area (Å²) in [5, 5.41) is 8.76. The van der Waals surface area contributed by atoms with E-state index in [1.54, 1.807) is 6.20 Å². The number of allylic oxidation sites excluding steroid dienone is 3. The molecule has 0 radical (unpaired) electrons. The van der Waals surface area contributed by atoms with Gasteiger partial charge in [0.15, 0.2) is 0 Å². The van der Waals surface area contributed by atoms with Crippen molar-refractivity contribution in [3.05, 3.63) is 35.6 Å². The molecule has 0 aromatic carbocycles. The number of hydrogen-bond acceptors (Lipinski definition) is 1. The van der Waals surface area contributed by atoms with Crippen molar-refractivity contribution in [3.63, 3.8) is 0 Å². The van der Waals surface area contributed by atoms with Gasteiger partial charge in [-0.1, -0.05) is 12.2 Å². The average molecular weight is 177 g/mol. The second kappa shape index (κ2) is 3.09. The van der Waals surface area contributed by atoms with Gasteiger partial charge in [-0.2, -0.15) is 0 Å². The maximum atomic E-state index is 10.7. The van der Waals surface area contributed by atoms with Crippen LogP contribution in [0.2, 0.25) is 0 Å². The molecular weight excluding hydrogens is 166 g/mol. The average Bonchev–Trinajstić information content (AvgIpc) is 2.17. The predicted octanol–water partition coefficient (Wildman–Crippen LogP) is 2.14. The first-order chi connectivity index (χ1) is 6.27. The smallest absolute Gasteiger partial charge is 0.411 e. The van der Waals surface area contributed by atoms with E-state index >= 15 is 0 Å². The van der Waals surface area contributed by atoms with Crippen molar-refractivity contribution in [1.29, 1.82) is 0 Å². The lowest BCUT2D eigenvalue weighted by Gasteiger charge is -2.24. The molecule has 1 aliphatic heterocycles. The minimum Gasteiger partial charge on any atom is -0.465 e. The Bertz CT molecular complexity index is 326. The van der Waals surface area contributed by atoms with E-state index in [1.807, 2.05) is 6.08 Å². The second-order valence-corrected chi connectivity index (χ2v) is 3.19. The first kappa shape index (κ1) is 8.10. The quantitative estimate of drug-likeness (QED) is 0.615. The van der Waals surface area contributed by atoms with Crippen molar-refractivity contribution in [2.45, 2.75) is 12.8 Å². The maximum Gasteiger partial charge on any atom is 0.411 e. The summed E-state index contributed by atoms with van der Waals surface area (Å²) in [5.74, 6) is 0. The molecule has 1 heterocycles. The zero-order valence-electron chi connectivity index (χ0n) is 7.23. The van der Waals surface area contributed by atoms with Crippen molar-refractivity contribution in [3.8, 4) is 0 Å². The van der Waals surface area contributed by atoms with Crippen LogP contribution in [0.3, 0.4) is 0 Å². The zero-order valence-corrected chi connectivity index (χ0v) is 7.23. The molecule has 0 atom stereocenters. The SMILES string of the molecule is O=C(O)N1C=CC2=CCCC=C2C1. The Morgan fingerprint density at radius 2 is 2.15 bits per heavy atom. The number of carboxylic acid groups (broad SMARTS) is 1. The highest BCUT2D eigenvalue weighted by molar-refractivity contribution is 5.68. The molecule has 3 nitrogen and oxygen atoms in total. The Hall–Kier alpha value is -1.51. The number of hydrogen-bond donors (Lipinski definition) is 1. The summed E-state index contributed by atoms with van der Waals surface area (Å²) in [6.07, 6.45) is 8.97. The first-order valence-electron chi connectivity index (χ1n) is 4.35. The van der Waals surface area contributed by atoms with Crippen LogP contribution in [0.5, 0.6) is 0 Å². The standard InChI is InChI=1S/C10H11NO2/c12-10(13)11-6-5-8-3-1-2-4-9(8)7-11/h3-6H,1-2,7H2,(H,12,13). The van der Waals surface area contributed by atoms with E-state index in [1.165, 1.54) is 10.5 Å². The third kappa shape index (κ3) is 1.49. The van der Waals surface area contributed by atoms with Gasteiger partial charge in [0.05, 0.1) is 6.54 Å². The molecule has 1 amide bonds. The summed E-state index contributed by atoms with van der Waals surface area (Å²) in [6.45, 7) is 0.498. The lowest BCUT2D eigenvalue weighted by Crippen LogP contribution is -2.29. The molecule has 2 aliphatic rings. The molecule has 0 spiro atoms. The lowest BCUT2D eigenvalue weighted by molar-refractivity contribution is 0.165. The number of nitrogens with zero attached hydrogens (tertiary/aromatic N) is 1. The van der Waals surface area contributed by atoms with E-state index in [0.29, 0.717) is 6.54 Å². The van der Waals surface area contributed by atoms with Gasteiger partial charge in [-0.15, -0.1) is 0 Å². The van der Waals surface area contributed by atoms with Crippen molar-refractivity contribution in [2.24, 2.45) is 0 Å². The minimum absolute atomic E-state index is 0.498. The van der Waals surface area contributed by atoms with Gasteiger partial charge < -0.3 is 5.11 Å². The van der Waals surface area contributed by atoms with Crippen LogP contribution in [0, 0.1) is 0 Å². The Labute approximate surface area is 76.7 Å². The Morgan fingerprint density at radius 3 is 2.92 bits per heavy atom. The highest BCUT2D eigenvalue weighted by atomic mass is 16.4. The molecule has 1 N–H and O–H groups in total. The van der Waals surface area contributed by atoms with Crippen LogP contribution in [-0.4, -0.2) is 22.6 Å². The normalized spacial score (nSPS) is 20.5. The molecule has 0 unspecified atom stereocenters. The van der Waals surface area contributed by atoms with Crippen molar-refractivity contribution < 1.29 is 9.90 Å². The summed E-state index contributed by atoms with van der Waals surface area (Å²) in [7, 11) is 0. The molecular formula is C10H11NO2. The van der Waals surface area contributed by atoms with Gasteiger partial charge in [0.1, 0.15) is 0 Å². The van der Waals surface area contributed by atoms with Crippen molar-refractivity contribution in [2.75, 3.05) is 6.54 Å². The number of amides is 1. The summed E-state index contributed by atoms with van der Waals surface area (Å²) in [4.78, 5) is 12.0. The lowest BCUT2D eigenvalue weighted by atomic mass is 9.95. The Kier molecular flexibility index (Phi) is 1.93. The minimum atomic E-state index is -0.887. The highest BCUT2D eigenvalue weighted by Crippen LogP contribution is 2.24. The topological polar surface area (TPSA) is 40.5 Å². The number of rotatable bonds is 0. The summed E-state index contributed by atoms with van der Waals surface area (Å²) in [5.41, 5.74) is 2.32. The van der Waals surface area contributed by atoms with E-state index in [9.17, 15) is 4.79 Å². The van der Waals surface area contributed by atoms with Crippen LogP contribution in [0.15, 0.2) is 35.6 Å². The summed E-state index contributed by atoms with van der Waals surface area (Å²) < 4.78 is 0. The van der Waals surface area contributed by atoms with Gasteiger partial charge in [0.25, 0.3) is 0 Å². The monoisotopic (exact) mass is 177 g/mol. The van der Waals surface area contributed by atoms with Gasteiger partial charge in [-0.3, -0.25) is 4.90 Å². The van der Waals surface area contributed by atoms with Gasteiger partial charge in [-0.05, 0) is 30.1 Å². The van der Waals surface area contributed by atoms with Crippen LogP contribution >= 0.6 is 0 Å². The van der Waals surface area contributed by atoms with Crippen LogP contribution < -0.4 is 0 Å².